The lowest BCUT2D eigenvalue weighted by atomic mass is 9.99. The van der Waals surface area contributed by atoms with E-state index in [1.165, 1.54) is 4.90 Å². The summed E-state index contributed by atoms with van der Waals surface area (Å²) in [5, 5.41) is 9.67. The van der Waals surface area contributed by atoms with Gasteiger partial charge < -0.3 is 14.7 Å². The molecule has 0 radical (unpaired) electrons. The third-order valence-electron chi connectivity index (χ3n) is 4.21. The van der Waals surface area contributed by atoms with Crippen molar-refractivity contribution in [3.05, 3.63) is 29.1 Å². The first kappa shape index (κ1) is 18.2. The smallest absolute Gasteiger partial charge is 0.408 e. The molecule has 1 aromatic rings. The Morgan fingerprint density at radius 3 is 2.29 bits per heavy atom. The van der Waals surface area contributed by atoms with Crippen molar-refractivity contribution in [2.24, 2.45) is 0 Å². The highest BCUT2D eigenvalue weighted by Gasteiger charge is 2.41. The Kier molecular flexibility index (Phi) is 5.43. The van der Waals surface area contributed by atoms with E-state index in [0.717, 1.165) is 17.0 Å². The predicted octanol–water partition coefficient (Wildman–Crippen LogP) is 1.82. The molecule has 0 unspecified atom stereocenters. The fourth-order valence-electron chi connectivity index (χ4n) is 2.97. The number of carbonyl (C=O) groups is 2. The molecule has 1 aliphatic heterocycles. The van der Waals surface area contributed by atoms with E-state index in [1.54, 1.807) is 18.7 Å². The van der Waals surface area contributed by atoms with Crippen molar-refractivity contribution in [3.8, 4) is 0 Å². The molecule has 0 aliphatic carbocycles. The van der Waals surface area contributed by atoms with Crippen molar-refractivity contribution in [3.63, 3.8) is 0 Å². The maximum atomic E-state index is 12.8. The van der Waals surface area contributed by atoms with Crippen molar-refractivity contribution < 1.29 is 19.4 Å². The lowest BCUT2D eigenvalue weighted by molar-refractivity contribution is -0.146. The Balaban J connectivity index is 2.24. The van der Waals surface area contributed by atoms with Crippen molar-refractivity contribution in [1.82, 2.24) is 14.8 Å². The van der Waals surface area contributed by atoms with Crippen LogP contribution in [0.3, 0.4) is 0 Å². The molecule has 0 saturated carbocycles. The Hall–Kier alpha value is -2.15. The average molecular weight is 335 g/mol. The number of hydrogen-bond acceptors (Lipinski definition) is 4. The van der Waals surface area contributed by atoms with Gasteiger partial charge in [-0.1, -0.05) is 0 Å². The minimum absolute atomic E-state index is 0.141. The molecule has 0 spiro atoms. The molecule has 2 heterocycles. The van der Waals surface area contributed by atoms with Crippen LogP contribution >= 0.6 is 0 Å². The quantitative estimate of drug-likeness (QED) is 0.907. The van der Waals surface area contributed by atoms with Gasteiger partial charge in [-0.15, -0.1) is 0 Å². The highest BCUT2D eigenvalue weighted by Crippen LogP contribution is 2.22. The number of carboxylic acid groups (broad SMARTS) is 1. The predicted molar refractivity (Wildman–Crippen MR) is 88.8 cm³/mol. The fourth-order valence-corrected chi connectivity index (χ4v) is 2.97. The van der Waals surface area contributed by atoms with E-state index in [2.05, 4.69) is 4.98 Å². The zero-order chi connectivity index (χ0) is 17.9. The molecular formula is C17H25N3O4. The van der Waals surface area contributed by atoms with Gasteiger partial charge in [-0.25, -0.2) is 4.79 Å². The molecule has 0 aromatic carbocycles. The number of pyridine rings is 1. The maximum Gasteiger partial charge on any atom is 0.408 e. The van der Waals surface area contributed by atoms with Gasteiger partial charge in [0, 0.05) is 24.5 Å². The van der Waals surface area contributed by atoms with Crippen LogP contribution < -0.4 is 0 Å². The van der Waals surface area contributed by atoms with Gasteiger partial charge >= 0.3 is 6.09 Å². The van der Waals surface area contributed by atoms with Gasteiger partial charge in [0.05, 0.1) is 19.8 Å². The van der Waals surface area contributed by atoms with Crippen molar-refractivity contribution in [1.29, 1.82) is 0 Å². The highest BCUT2D eigenvalue weighted by atomic mass is 16.5. The van der Waals surface area contributed by atoms with Crippen LogP contribution in [0, 0.1) is 13.8 Å². The van der Waals surface area contributed by atoms with E-state index in [4.69, 9.17) is 4.74 Å². The van der Waals surface area contributed by atoms with Crippen molar-refractivity contribution in [2.75, 3.05) is 26.3 Å². The second-order valence-corrected chi connectivity index (χ2v) is 6.59. The van der Waals surface area contributed by atoms with E-state index in [-0.39, 0.29) is 12.5 Å². The molecule has 1 aromatic heterocycles. The van der Waals surface area contributed by atoms with E-state index in [1.807, 2.05) is 26.0 Å². The van der Waals surface area contributed by atoms with Gasteiger partial charge in [-0.05, 0) is 45.4 Å². The summed E-state index contributed by atoms with van der Waals surface area (Å²) < 4.78 is 5.26. The third kappa shape index (κ3) is 4.03. The normalized spacial score (nSPS) is 15.2. The lowest BCUT2D eigenvalue weighted by Crippen LogP contribution is -2.59. The van der Waals surface area contributed by atoms with Gasteiger partial charge in [0.2, 0.25) is 5.91 Å². The molecule has 2 rings (SSSR count). The number of morpholine rings is 1. The van der Waals surface area contributed by atoms with E-state index >= 15 is 0 Å². The first-order chi connectivity index (χ1) is 11.2. The zero-order valence-corrected chi connectivity index (χ0v) is 14.7. The molecule has 1 N–H and O–H groups in total. The van der Waals surface area contributed by atoms with Crippen LogP contribution in [-0.4, -0.2) is 63.7 Å². The second-order valence-electron chi connectivity index (χ2n) is 6.59. The molecular weight excluding hydrogens is 310 g/mol. The summed E-state index contributed by atoms with van der Waals surface area (Å²) in [6.45, 7) is 9.13. The summed E-state index contributed by atoms with van der Waals surface area (Å²) in [7, 11) is 0. The minimum Gasteiger partial charge on any atom is -0.465 e. The molecule has 0 atom stereocenters. The summed E-state index contributed by atoms with van der Waals surface area (Å²) in [6.07, 6.45) is -1.12. The number of nitrogens with zero attached hydrogens (tertiary/aromatic N) is 3. The Morgan fingerprint density at radius 2 is 1.79 bits per heavy atom. The van der Waals surface area contributed by atoms with E-state index in [9.17, 15) is 14.7 Å². The number of amides is 2. The Morgan fingerprint density at radius 1 is 1.25 bits per heavy atom. The fraction of sp³-hybridized carbons (Fsp3) is 0.588. The number of ether oxygens (including phenoxy) is 1. The molecule has 132 valence electrons. The highest BCUT2D eigenvalue weighted by molar-refractivity contribution is 5.89. The monoisotopic (exact) mass is 335 g/mol. The number of aromatic nitrogens is 1. The van der Waals surface area contributed by atoms with Gasteiger partial charge in [-0.3, -0.25) is 14.7 Å². The van der Waals surface area contributed by atoms with E-state index in [0.29, 0.717) is 26.3 Å². The van der Waals surface area contributed by atoms with Crippen LogP contribution in [0.5, 0.6) is 0 Å². The van der Waals surface area contributed by atoms with Crippen LogP contribution in [0.25, 0.3) is 0 Å². The number of carbonyl (C=O) groups excluding carboxylic acids is 1. The number of hydrogen-bond donors (Lipinski definition) is 1. The first-order valence-electron chi connectivity index (χ1n) is 8.03. The molecule has 0 bridgehead atoms. The van der Waals surface area contributed by atoms with Gasteiger partial charge in [0.15, 0.2) is 0 Å². The molecule has 24 heavy (non-hydrogen) atoms. The maximum absolute atomic E-state index is 12.8. The van der Waals surface area contributed by atoms with Crippen LogP contribution in [0.2, 0.25) is 0 Å². The van der Waals surface area contributed by atoms with Crippen LogP contribution in [0.4, 0.5) is 4.79 Å². The molecule has 7 heteroatoms. The summed E-state index contributed by atoms with van der Waals surface area (Å²) >= 11 is 0. The first-order valence-corrected chi connectivity index (χ1v) is 8.03. The molecule has 2 amide bonds. The summed E-state index contributed by atoms with van der Waals surface area (Å²) in [4.78, 5) is 31.8. The Labute approximate surface area is 142 Å². The summed E-state index contributed by atoms with van der Waals surface area (Å²) in [6, 6.07) is 3.69. The van der Waals surface area contributed by atoms with Crippen LogP contribution in [0.1, 0.15) is 30.8 Å². The number of aryl methyl sites for hydroxylation is 2. The van der Waals surface area contributed by atoms with E-state index < -0.39 is 11.6 Å². The van der Waals surface area contributed by atoms with Gasteiger partial charge in [0.1, 0.15) is 5.54 Å². The third-order valence-corrected chi connectivity index (χ3v) is 4.21. The van der Waals surface area contributed by atoms with Crippen molar-refractivity contribution >= 4 is 12.0 Å². The van der Waals surface area contributed by atoms with Crippen LogP contribution in [-0.2, 0) is 16.1 Å². The standard InChI is InChI=1S/C17H25N3O4/c1-12-9-14(10-13(2)18-12)11-20(16(22)23)17(3,4)15(21)19-5-7-24-8-6-19/h9-10H,5-8,11H2,1-4H3,(H,22,23). The lowest BCUT2D eigenvalue weighted by Gasteiger charge is -2.40. The largest absolute Gasteiger partial charge is 0.465 e. The molecule has 1 aliphatic rings. The van der Waals surface area contributed by atoms with Gasteiger partial charge in [0.25, 0.3) is 0 Å². The second kappa shape index (κ2) is 7.17. The summed E-state index contributed by atoms with van der Waals surface area (Å²) in [5.41, 5.74) is 1.32. The summed E-state index contributed by atoms with van der Waals surface area (Å²) in [5.74, 6) is -0.198. The van der Waals surface area contributed by atoms with Crippen molar-refractivity contribution in [2.45, 2.75) is 39.8 Å². The topological polar surface area (TPSA) is 83.0 Å². The Bertz CT molecular complexity index is 604. The van der Waals surface area contributed by atoms with Crippen LogP contribution in [0.15, 0.2) is 12.1 Å². The molecule has 7 nitrogen and oxygen atoms in total. The SMILES string of the molecule is Cc1cc(CN(C(=O)O)C(C)(C)C(=O)N2CCOCC2)cc(C)n1. The zero-order valence-electron chi connectivity index (χ0n) is 14.7. The molecule has 1 fully saturated rings. The average Bonchev–Trinajstić information content (AvgIpc) is 2.51. The number of rotatable bonds is 4. The minimum atomic E-state index is -1.16. The van der Waals surface area contributed by atoms with Gasteiger partial charge in [-0.2, -0.15) is 0 Å². The molecule has 1 saturated heterocycles.